The molecule has 13 heteroatoms. The summed E-state index contributed by atoms with van der Waals surface area (Å²) in [6, 6.07) is 34.4. The van der Waals surface area contributed by atoms with Crippen LogP contribution in [-0.2, 0) is 28.5 Å². The van der Waals surface area contributed by atoms with Crippen molar-refractivity contribution >= 4 is 17.6 Å². The molecule has 5 aromatic rings. The largest absolute Gasteiger partial charge is 0.515 e. The minimum Gasteiger partial charge on any atom is -0.515 e. The van der Waals surface area contributed by atoms with E-state index in [1.165, 1.54) is 12.7 Å². The van der Waals surface area contributed by atoms with Crippen LogP contribution in [0.1, 0.15) is 89.6 Å². The van der Waals surface area contributed by atoms with E-state index in [0.717, 1.165) is 42.4 Å². The number of ketones is 1. The van der Waals surface area contributed by atoms with Gasteiger partial charge in [0, 0.05) is 47.9 Å². The number of nitrogens with zero attached hydrogens (tertiary/aromatic N) is 1. The second-order valence-corrected chi connectivity index (χ2v) is 15.9. The molecule has 0 saturated heterocycles. The molecule has 7 N–H and O–H groups in total. The summed E-state index contributed by atoms with van der Waals surface area (Å²) in [6.45, 7) is 6.08. The number of aliphatic hydroxyl groups excluding tert-OH is 1. The zero-order valence-electron chi connectivity index (χ0n) is 35.5. The van der Waals surface area contributed by atoms with E-state index >= 15 is 0 Å². The Hall–Kier alpha value is -6.28. The highest BCUT2D eigenvalue weighted by Crippen LogP contribution is 2.40. The molecule has 2 aliphatic carbocycles. The summed E-state index contributed by atoms with van der Waals surface area (Å²) in [6.07, 6.45) is 6.64. The molecule has 324 valence electrons. The molecular weight excluding hydrogens is 777 g/mol. The highest BCUT2D eigenvalue weighted by atomic mass is 16.5. The summed E-state index contributed by atoms with van der Waals surface area (Å²) in [5.41, 5.74) is 3.60. The van der Waals surface area contributed by atoms with Gasteiger partial charge in [0.05, 0.1) is 43.4 Å². The van der Waals surface area contributed by atoms with Crippen molar-refractivity contribution in [1.82, 2.24) is 15.8 Å². The molecule has 0 radical (unpaired) electrons. The Kier molecular flexibility index (Phi) is 17.4. The number of fused-ring (bicyclic) bond motifs is 1. The van der Waals surface area contributed by atoms with Gasteiger partial charge in [-0.2, -0.15) is 0 Å². The van der Waals surface area contributed by atoms with Crippen molar-refractivity contribution < 1.29 is 43.8 Å². The Morgan fingerprint density at radius 3 is 1.61 bits per heavy atom. The highest BCUT2D eigenvalue weighted by Gasteiger charge is 2.40. The summed E-state index contributed by atoms with van der Waals surface area (Å²) < 4.78 is 16.1. The molecule has 2 atom stereocenters. The van der Waals surface area contributed by atoms with E-state index in [4.69, 9.17) is 24.3 Å². The number of methoxy groups -OCH3 is 2. The van der Waals surface area contributed by atoms with Crippen molar-refractivity contribution in [2.45, 2.75) is 75.7 Å². The number of nitrogens with two attached hydrogens (primary N) is 1. The Bertz CT molecular complexity index is 2200. The number of nitrogens with one attached hydrogen (secondary N) is 2. The number of aryl methyl sites for hydroxylation is 1. The van der Waals surface area contributed by atoms with Gasteiger partial charge in [-0.15, -0.1) is 0 Å². The van der Waals surface area contributed by atoms with E-state index in [-0.39, 0.29) is 29.4 Å². The minimum absolute atomic E-state index is 0.0841. The van der Waals surface area contributed by atoms with Crippen molar-refractivity contribution in [2.75, 3.05) is 27.3 Å². The number of rotatable bonds is 10. The molecular formula is C48H58N4O9. The molecule has 2 amide bonds. The molecule has 0 bridgehead atoms. The first-order valence-corrected chi connectivity index (χ1v) is 20.0. The number of amides is 2. The van der Waals surface area contributed by atoms with Crippen LogP contribution in [0, 0.1) is 0 Å². The van der Waals surface area contributed by atoms with Crippen LogP contribution in [0.15, 0.2) is 132 Å². The van der Waals surface area contributed by atoms with E-state index in [2.05, 4.69) is 33.8 Å². The molecule has 1 fully saturated rings. The van der Waals surface area contributed by atoms with Crippen molar-refractivity contribution in [2.24, 2.45) is 5.90 Å². The zero-order chi connectivity index (χ0) is 44.5. The van der Waals surface area contributed by atoms with Crippen LogP contribution in [0.25, 0.3) is 0 Å². The monoisotopic (exact) mass is 834 g/mol. The number of aliphatic hydroxyl groups is 2. The van der Waals surface area contributed by atoms with Gasteiger partial charge in [0.25, 0.3) is 11.8 Å². The molecule has 61 heavy (non-hydrogen) atoms. The third kappa shape index (κ3) is 12.9. The SMILES string of the molecule is CC(C)(C)O.COc1ccccc1C(=O)NCC1(c2ccccc2)CC/C(=C/O)C(=O)C1.COc1ccccc1C(=O)NCC1(c2ccccc2)CCc2cnoc2C1.NO. The Morgan fingerprint density at radius 2 is 1.16 bits per heavy atom. The maximum absolute atomic E-state index is 12.8. The molecule has 0 aliphatic heterocycles. The maximum atomic E-state index is 12.8. The van der Waals surface area contributed by atoms with Crippen LogP contribution in [0.4, 0.5) is 0 Å². The molecule has 13 nitrogen and oxygen atoms in total. The van der Waals surface area contributed by atoms with Crippen LogP contribution in [0.3, 0.4) is 0 Å². The van der Waals surface area contributed by atoms with E-state index in [9.17, 15) is 19.5 Å². The van der Waals surface area contributed by atoms with E-state index in [0.29, 0.717) is 54.1 Å². The molecule has 1 heterocycles. The van der Waals surface area contributed by atoms with Crippen LogP contribution in [0.2, 0.25) is 0 Å². The number of allylic oxidation sites excluding steroid dienone is 1. The van der Waals surface area contributed by atoms with Gasteiger partial charge < -0.3 is 40.1 Å². The minimum atomic E-state index is -0.500. The van der Waals surface area contributed by atoms with Crippen molar-refractivity contribution in [3.8, 4) is 11.5 Å². The van der Waals surface area contributed by atoms with Crippen molar-refractivity contribution in [3.05, 3.63) is 161 Å². The number of ether oxygens (including phenoxy) is 2. The summed E-state index contributed by atoms with van der Waals surface area (Å²) in [4.78, 5) is 38.0. The third-order valence-corrected chi connectivity index (χ3v) is 10.6. The normalized spacial score (nSPS) is 18.6. The van der Waals surface area contributed by atoms with E-state index in [1.807, 2.05) is 66.7 Å². The van der Waals surface area contributed by atoms with Gasteiger partial charge in [-0.25, -0.2) is 5.90 Å². The van der Waals surface area contributed by atoms with Gasteiger partial charge in [-0.05, 0) is 81.8 Å². The Morgan fingerprint density at radius 1 is 0.738 bits per heavy atom. The topological polar surface area (TPSA) is 206 Å². The quantitative estimate of drug-likeness (QED) is 0.0471. The molecule has 0 spiro atoms. The predicted molar refractivity (Wildman–Crippen MR) is 233 cm³/mol. The summed E-state index contributed by atoms with van der Waals surface area (Å²) >= 11 is 0. The first-order valence-electron chi connectivity index (χ1n) is 20.0. The lowest BCUT2D eigenvalue weighted by Gasteiger charge is -2.38. The van der Waals surface area contributed by atoms with E-state index in [1.54, 1.807) is 64.4 Å². The molecule has 1 saturated carbocycles. The number of carbonyl (C=O) groups is 3. The standard InChI is InChI=1S/C22H22N2O3.C22H23NO4.C4H10O.H3NO/c1-26-19-10-6-5-9-18(19)21(25)23-15-22(17-7-3-2-4-8-17)12-11-16-14-24-27-20(16)13-22;1-27-20-10-6-5-9-18(20)21(26)23-15-22(17-7-3-2-4-8-17)12-11-16(14-24)19(25)13-22;1-4(2,3)5;1-2/h2-10,14H,11-13,15H2,1H3,(H,23,25);2-10,14,24H,11-13,15H2,1H3,(H,23,26);5H,1-3H3;2H,1H2/b;16-14-;;. The number of hydrogen-bond acceptors (Lipinski definition) is 11. The summed E-state index contributed by atoms with van der Waals surface area (Å²) in [5, 5.41) is 34.3. The van der Waals surface area contributed by atoms with Gasteiger partial charge in [0.2, 0.25) is 0 Å². The first-order chi connectivity index (χ1) is 29.3. The lowest BCUT2D eigenvalue weighted by molar-refractivity contribution is -0.118. The Labute approximate surface area is 357 Å². The average molecular weight is 835 g/mol. The second-order valence-electron chi connectivity index (χ2n) is 15.9. The van der Waals surface area contributed by atoms with E-state index < -0.39 is 11.0 Å². The number of hydrogen-bond donors (Lipinski definition) is 6. The summed E-state index contributed by atoms with van der Waals surface area (Å²) in [7, 11) is 3.10. The number of benzene rings is 4. The number of aromatic nitrogens is 1. The fraction of sp³-hybridized carbons (Fsp3) is 0.333. The smallest absolute Gasteiger partial charge is 0.255 e. The fourth-order valence-electron chi connectivity index (χ4n) is 7.50. The summed E-state index contributed by atoms with van der Waals surface area (Å²) in [5.74, 6) is 5.04. The zero-order valence-corrected chi connectivity index (χ0v) is 35.5. The maximum Gasteiger partial charge on any atom is 0.255 e. The van der Waals surface area contributed by atoms with Gasteiger partial charge >= 0.3 is 0 Å². The van der Waals surface area contributed by atoms with Gasteiger partial charge in [0.15, 0.2) is 5.78 Å². The second kappa shape index (κ2) is 22.4. The van der Waals surface area contributed by atoms with Crippen LogP contribution in [-0.4, -0.2) is 71.1 Å². The predicted octanol–water partition coefficient (Wildman–Crippen LogP) is 7.21. The van der Waals surface area contributed by atoms with Crippen LogP contribution < -0.4 is 26.0 Å². The third-order valence-electron chi connectivity index (χ3n) is 10.6. The van der Waals surface area contributed by atoms with Crippen LogP contribution >= 0.6 is 0 Å². The average Bonchev–Trinajstić information content (AvgIpc) is 3.76. The lowest BCUT2D eigenvalue weighted by Crippen LogP contribution is -2.44. The lowest BCUT2D eigenvalue weighted by atomic mass is 9.67. The number of carbonyl (C=O) groups excluding carboxylic acids is 3. The van der Waals surface area contributed by atoms with Gasteiger partial charge in [-0.3, -0.25) is 14.4 Å². The fourth-order valence-corrected chi connectivity index (χ4v) is 7.50. The number of Topliss-reactive ketones (excluding diaryl/α,β-unsaturated/α-hetero) is 1. The molecule has 7 rings (SSSR count). The van der Waals surface area contributed by atoms with Crippen molar-refractivity contribution in [3.63, 3.8) is 0 Å². The van der Waals surface area contributed by atoms with Crippen molar-refractivity contribution in [1.29, 1.82) is 0 Å². The molecule has 1 aromatic heterocycles. The van der Waals surface area contributed by atoms with Gasteiger partial charge in [-0.1, -0.05) is 90.1 Å². The number of para-hydroxylation sites is 2. The first kappa shape index (κ1) is 47.4. The Balaban J connectivity index is 0.000000233. The molecule has 4 aromatic carbocycles. The highest BCUT2D eigenvalue weighted by molar-refractivity contribution is 5.98. The van der Waals surface area contributed by atoms with Gasteiger partial charge in [0.1, 0.15) is 17.3 Å². The molecule has 2 unspecified atom stereocenters. The van der Waals surface area contributed by atoms with Crippen LogP contribution in [0.5, 0.6) is 11.5 Å². The molecule has 2 aliphatic rings.